The van der Waals surface area contributed by atoms with E-state index in [1.165, 1.54) is 20.0 Å². The molecule has 1 fully saturated rings. The van der Waals surface area contributed by atoms with Gasteiger partial charge in [0.05, 0.1) is 18.0 Å². The number of nitrogens with zero attached hydrogens (tertiary/aromatic N) is 2. The second-order valence-corrected chi connectivity index (χ2v) is 8.00. The Morgan fingerprint density at radius 2 is 1.91 bits per heavy atom. The standard InChI is InChI=1S/C16H24N2O3S/c1-21-11-12-22(19,20)18-10-4-5-14-6-7-15(13-16(14)18)17-8-2-3-9-17/h6-7,13H,2-5,8-12H2,1H3. The number of sulfonamides is 1. The number of aryl methyl sites for hydroxylation is 1. The third-order valence-electron chi connectivity index (χ3n) is 4.50. The van der Waals surface area contributed by atoms with E-state index in [4.69, 9.17) is 4.74 Å². The van der Waals surface area contributed by atoms with Gasteiger partial charge in [0, 0.05) is 32.4 Å². The number of benzene rings is 1. The summed E-state index contributed by atoms with van der Waals surface area (Å²) in [6.07, 6.45) is 4.26. The van der Waals surface area contributed by atoms with Gasteiger partial charge in [-0.25, -0.2) is 8.42 Å². The van der Waals surface area contributed by atoms with Gasteiger partial charge in [0.15, 0.2) is 0 Å². The van der Waals surface area contributed by atoms with Crippen molar-refractivity contribution in [3.8, 4) is 0 Å². The predicted octanol–water partition coefficient (Wildman–Crippen LogP) is 2.02. The van der Waals surface area contributed by atoms with Crippen LogP contribution in [0.1, 0.15) is 24.8 Å². The van der Waals surface area contributed by atoms with Crippen molar-refractivity contribution in [3.63, 3.8) is 0 Å². The fourth-order valence-electron chi connectivity index (χ4n) is 3.29. The molecule has 0 saturated carbocycles. The topological polar surface area (TPSA) is 49.9 Å². The first-order valence-corrected chi connectivity index (χ1v) is 9.60. The number of rotatable bonds is 5. The van der Waals surface area contributed by atoms with Crippen molar-refractivity contribution < 1.29 is 13.2 Å². The van der Waals surface area contributed by atoms with Crippen LogP contribution in [-0.4, -0.2) is 47.5 Å². The quantitative estimate of drug-likeness (QED) is 0.831. The molecule has 0 atom stereocenters. The number of anilines is 2. The summed E-state index contributed by atoms with van der Waals surface area (Å²) in [4.78, 5) is 2.34. The van der Waals surface area contributed by atoms with Gasteiger partial charge in [0.25, 0.3) is 0 Å². The van der Waals surface area contributed by atoms with E-state index >= 15 is 0 Å². The fraction of sp³-hybridized carbons (Fsp3) is 0.625. The summed E-state index contributed by atoms with van der Waals surface area (Å²) in [5.41, 5.74) is 3.15. The van der Waals surface area contributed by atoms with Gasteiger partial charge in [-0.15, -0.1) is 0 Å². The Kier molecular flexibility index (Phi) is 4.59. The molecule has 0 amide bonds. The highest BCUT2D eigenvalue weighted by Gasteiger charge is 2.28. The van der Waals surface area contributed by atoms with Gasteiger partial charge in [-0.05, 0) is 43.4 Å². The Bertz CT molecular complexity index is 624. The number of methoxy groups -OCH3 is 1. The SMILES string of the molecule is COCCS(=O)(=O)N1CCCc2ccc(N3CCCC3)cc21. The molecule has 0 radical (unpaired) electrons. The van der Waals surface area contributed by atoms with Crippen molar-refractivity contribution in [1.82, 2.24) is 0 Å². The molecule has 122 valence electrons. The second kappa shape index (κ2) is 6.46. The van der Waals surface area contributed by atoms with Gasteiger partial charge in [-0.1, -0.05) is 6.07 Å². The van der Waals surface area contributed by atoms with Crippen LogP contribution in [0, 0.1) is 0 Å². The zero-order valence-corrected chi connectivity index (χ0v) is 13.9. The van der Waals surface area contributed by atoms with E-state index in [2.05, 4.69) is 23.1 Å². The van der Waals surface area contributed by atoms with Crippen LogP contribution in [0.15, 0.2) is 18.2 Å². The van der Waals surface area contributed by atoms with Gasteiger partial charge in [0.2, 0.25) is 10.0 Å². The Morgan fingerprint density at radius 1 is 1.14 bits per heavy atom. The molecule has 0 aromatic heterocycles. The molecule has 0 bridgehead atoms. The third-order valence-corrected chi connectivity index (χ3v) is 6.23. The summed E-state index contributed by atoms with van der Waals surface area (Å²) >= 11 is 0. The normalized spacial score (nSPS) is 18.6. The van der Waals surface area contributed by atoms with Crippen molar-refractivity contribution in [2.45, 2.75) is 25.7 Å². The van der Waals surface area contributed by atoms with Gasteiger partial charge in [-0.2, -0.15) is 0 Å². The lowest BCUT2D eigenvalue weighted by Crippen LogP contribution is -2.38. The lowest BCUT2D eigenvalue weighted by atomic mass is 10.0. The molecule has 0 aliphatic carbocycles. The molecule has 3 rings (SSSR count). The van der Waals surface area contributed by atoms with Crippen molar-refractivity contribution >= 4 is 21.4 Å². The summed E-state index contributed by atoms with van der Waals surface area (Å²) in [7, 11) is -1.78. The first kappa shape index (κ1) is 15.6. The predicted molar refractivity (Wildman–Crippen MR) is 89.2 cm³/mol. The number of hydrogen-bond acceptors (Lipinski definition) is 4. The Balaban J connectivity index is 1.92. The maximum absolute atomic E-state index is 12.6. The molecule has 0 N–H and O–H groups in total. The molecule has 22 heavy (non-hydrogen) atoms. The van der Waals surface area contributed by atoms with Crippen LogP contribution in [0.5, 0.6) is 0 Å². The monoisotopic (exact) mass is 324 g/mol. The van der Waals surface area contributed by atoms with Crippen molar-refractivity contribution in [1.29, 1.82) is 0 Å². The molecule has 5 nitrogen and oxygen atoms in total. The van der Waals surface area contributed by atoms with Crippen LogP contribution in [0.3, 0.4) is 0 Å². The van der Waals surface area contributed by atoms with E-state index in [1.54, 1.807) is 4.31 Å². The number of hydrogen-bond donors (Lipinski definition) is 0. The Labute approximate surface area is 132 Å². The summed E-state index contributed by atoms with van der Waals surface area (Å²) in [6.45, 7) is 2.94. The summed E-state index contributed by atoms with van der Waals surface area (Å²) in [6, 6.07) is 6.29. The molecular formula is C16H24N2O3S. The molecule has 2 heterocycles. The van der Waals surface area contributed by atoms with Crippen LogP contribution in [-0.2, 0) is 21.2 Å². The number of fused-ring (bicyclic) bond motifs is 1. The summed E-state index contributed by atoms with van der Waals surface area (Å²) < 4.78 is 31.7. The van der Waals surface area contributed by atoms with Crippen LogP contribution in [0.25, 0.3) is 0 Å². The fourth-order valence-corrected chi connectivity index (χ4v) is 4.76. The van der Waals surface area contributed by atoms with Crippen LogP contribution >= 0.6 is 0 Å². The summed E-state index contributed by atoms with van der Waals surface area (Å²) in [5.74, 6) is 0.0386. The molecule has 1 saturated heterocycles. The summed E-state index contributed by atoms with van der Waals surface area (Å²) in [5, 5.41) is 0. The minimum Gasteiger partial charge on any atom is -0.384 e. The average molecular weight is 324 g/mol. The van der Waals surface area contributed by atoms with Crippen molar-refractivity contribution in [2.24, 2.45) is 0 Å². The Morgan fingerprint density at radius 3 is 2.64 bits per heavy atom. The zero-order chi connectivity index (χ0) is 15.6. The van der Waals surface area contributed by atoms with E-state index in [-0.39, 0.29) is 12.4 Å². The molecular weight excluding hydrogens is 300 g/mol. The highest BCUT2D eigenvalue weighted by Crippen LogP contribution is 2.34. The van der Waals surface area contributed by atoms with E-state index < -0.39 is 10.0 Å². The van der Waals surface area contributed by atoms with Gasteiger partial charge < -0.3 is 9.64 Å². The molecule has 2 aliphatic heterocycles. The molecule has 0 unspecified atom stereocenters. The van der Waals surface area contributed by atoms with E-state index in [0.29, 0.717) is 6.54 Å². The van der Waals surface area contributed by atoms with Crippen LogP contribution in [0.4, 0.5) is 11.4 Å². The largest absolute Gasteiger partial charge is 0.384 e. The minimum absolute atomic E-state index is 0.0386. The molecule has 6 heteroatoms. The van der Waals surface area contributed by atoms with Gasteiger partial charge >= 0.3 is 0 Å². The number of ether oxygens (including phenoxy) is 1. The molecule has 2 aliphatic rings. The van der Waals surface area contributed by atoms with Crippen molar-refractivity contribution in [2.75, 3.05) is 48.3 Å². The zero-order valence-electron chi connectivity index (χ0n) is 13.1. The molecule has 1 aromatic carbocycles. The lowest BCUT2D eigenvalue weighted by Gasteiger charge is -2.32. The van der Waals surface area contributed by atoms with Crippen LogP contribution in [0.2, 0.25) is 0 Å². The maximum atomic E-state index is 12.6. The molecule has 0 spiro atoms. The Hall–Kier alpha value is -1.27. The minimum atomic E-state index is -3.31. The van der Waals surface area contributed by atoms with E-state index in [1.807, 2.05) is 0 Å². The highest BCUT2D eigenvalue weighted by atomic mass is 32.2. The first-order chi connectivity index (χ1) is 10.6. The van der Waals surface area contributed by atoms with Crippen LogP contribution < -0.4 is 9.21 Å². The second-order valence-electron chi connectivity index (χ2n) is 5.99. The smallest absolute Gasteiger partial charge is 0.237 e. The first-order valence-electron chi connectivity index (χ1n) is 7.99. The average Bonchev–Trinajstić information content (AvgIpc) is 3.06. The molecule has 1 aromatic rings. The maximum Gasteiger partial charge on any atom is 0.237 e. The van der Waals surface area contributed by atoms with E-state index in [9.17, 15) is 8.42 Å². The van der Waals surface area contributed by atoms with Crippen molar-refractivity contribution in [3.05, 3.63) is 23.8 Å². The lowest BCUT2D eigenvalue weighted by molar-refractivity contribution is 0.217. The van der Waals surface area contributed by atoms with Gasteiger partial charge in [-0.3, -0.25) is 4.31 Å². The third kappa shape index (κ3) is 3.08. The van der Waals surface area contributed by atoms with E-state index in [0.717, 1.165) is 42.9 Å². The highest BCUT2D eigenvalue weighted by molar-refractivity contribution is 7.92. The van der Waals surface area contributed by atoms with Gasteiger partial charge in [0.1, 0.15) is 0 Å².